The molecule has 0 saturated heterocycles. The topological polar surface area (TPSA) is 147 Å². The number of alkyl halides is 5. The zero-order valence-electron chi connectivity index (χ0n) is 9.12. The highest BCUT2D eigenvalue weighted by atomic mass is 79.9. The highest BCUT2D eigenvalue weighted by Gasteiger charge is 2.67. The first-order valence-corrected chi connectivity index (χ1v) is 7.19. The smallest absolute Gasteiger partial charge is 0.387 e. The van der Waals surface area contributed by atoms with Gasteiger partial charge in [0.25, 0.3) is 0 Å². The van der Waals surface area contributed by atoms with Gasteiger partial charge in [0.2, 0.25) is 3.79 Å². The molecule has 20 heavy (non-hydrogen) atoms. The summed E-state index contributed by atoms with van der Waals surface area (Å²) >= 11 is 21.0. The second-order valence-electron chi connectivity index (χ2n) is 3.59. The molecule has 118 valence electrons. The van der Waals surface area contributed by atoms with Crippen LogP contribution in [0.4, 0.5) is 0 Å². The van der Waals surface area contributed by atoms with Gasteiger partial charge in [-0.05, 0) is 0 Å². The molecule has 0 aliphatic heterocycles. The third-order valence-corrected chi connectivity index (χ3v) is 4.80. The van der Waals surface area contributed by atoms with Gasteiger partial charge < -0.3 is 15.3 Å². The van der Waals surface area contributed by atoms with E-state index in [4.69, 9.17) is 39.9 Å². The van der Waals surface area contributed by atoms with E-state index in [1.807, 2.05) is 0 Å². The van der Waals surface area contributed by atoms with E-state index in [9.17, 15) is 30.4 Å². The summed E-state index contributed by atoms with van der Waals surface area (Å²) in [5.74, 6) is -2.30. The van der Waals surface area contributed by atoms with E-state index in [0.29, 0.717) is 0 Å². The summed E-state index contributed by atoms with van der Waals surface area (Å²) in [6.45, 7) is -1.29. The Bertz CT molecular complexity index is 407. The van der Waals surface area contributed by atoms with Crippen molar-refractivity contribution in [2.45, 2.75) is 19.0 Å². The van der Waals surface area contributed by atoms with Crippen LogP contribution in [0.15, 0.2) is 0 Å². The van der Waals surface area contributed by atoms with Crippen molar-refractivity contribution in [1.29, 1.82) is 0 Å². The molecule has 9 nitrogen and oxygen atoms in total. The Morgan fingerprint density at radius 1 is 1.15 bits per heavy atom. The molecule has 0 aromatic carbocycles. The molecular formula is C6H7Br2Cl3N2O7. The largest absolute Gasteiger partial charge is 0.388 e. The van der Waals surface area contributed by atoms with Crippen molar-refractivity contribution >= 4 is 66.7 Å². The van der Waals surface area contributed by atoms with Crippen LogP contribution in [-0.4, -0.2) is 50.8 Å². The van der Waals surface area contributed by atoms with Gasteiger partial charge in [-0.15, -0.1) is 0 Å². The van der Waals surface area contributed by atoms with E-state index in [1.54, 1.807) is 0 Å². The molecule has 0 fully saturated rings. The fourth-order valence-electron chi connectivity index (χ4n) is 1.22. The van der Waals surface area contributed by atoms with Crippen LogP contribution in [0, 0.1) is 26.1 Å². The summed E-state index contributed by atoms with van der Waals surface area (Å²) in [5, 5.41) is 50.2. The lowest BCUT2D eigenvalue weighted by Crippen LogP contribution is -2.60. The van der Waals surface area contributed by atoms with Crippen LogP contribution in [0.3, 0.4) is 0 Å². The maximum absolute atomic E-state index is 10.9. The van der Waals surface area contributed by atoms with Crippen molar-refractivity contribution in [3.05, 3.63) is 20.2 Å². The summed E-state index contributed by atoms with van der Waals surface area (Å²) in [5.41, 5.74) is 0. The number of halogens is 5. The van der Waals surface area contributed by atoms with E-state index in [1.165, 1.54) is 0 Å². The molecule has 3 N–H and O–H groups in total. The standard InChI is InChI=1S/C6H7Br2Cl3N2O7/c7-4(1-14,12(17)18)3(15)2(6(9,10)11)5(8,16)13(19)20/h2-3,14-16H,1H2. The van der Waals surface area contributed by atoms with Crippen molar-refractivity contribution in [1.82, 2.24) is 0 Å². The van der Waals surface area contributed by atoms with Crippen LogP contribution in [-0.2, 0) is 0 Å². The lowest BCUT2D eigenvalue weighted by atomic mass is 9.96. The molecule has 4 atom stereocenters. The number of hydrogen-bond donors (Lipinski definition) is 3. The zero-order valence-corrected chi connectivity index (χ0v) is 14.6. The third-order valence-electron chi connectivity index (χ3n) is 2.30. The van der Waals surface area contributed by atoms with Crippen molar-refractivity contribution in [3.63, 3.8) is 0 Å². The number of nitrogens with zero attached hydrogens (tertiary/aromatic N) is 2. The van der Waals surface area contributed by atoms with Gasteiger partial charge in [-0.25, -0.2) is 0 Å². The lowest BCUT2D eigenvalue weighted by molar-refractivity contribution is -0.608. The van der Waals surface area contributed by atoms with Crippen molar-refractivity contribution in [2.75, 3.05) is 6.61 Å². The molecule has 0 radical (unpaired) electrons. The molecule has 0 spiro atoms. The molecule has 0 rings (SSSR count). The third kappa shape index (κ3) is 4.03. The first-order chi connectivity index (χ1) is 8.72. The highest BCUT2D eigenvalue weighted by Crippen LogP contribution is 2.49. The van der Waals surface area contributed by atoms with Crippen molar-refractivity contribution < 1.29 is 25.2 Å². The highest BCUT2D eigenvalue weighted by molar-refractivity contribution is 9.10. The molecule has 4 unspecified atom stereocenters. The van der Waals surface area contributed by atoms with Crippen LogP contribution in [0.1, 0.15) is 0 Å². The maximum atomic E-state index is 10.9. The fourth-order valence-corrected chi connectivity index (χ4v) is 3.28. The minimum absolute atomic E-state index is 1.18. The van der Waals surface area contributed by atoms with Gasteiger partial charge in [-0.1, -0.05) is 34.8 Å². The minimum Gasteiger partial charge on any atom is -0.388 e. The average molecular weight is 485 g/mol. The summed E-state index contributed by atoms with van der Waals surface area (Å²) in [6, 6.07) is 0. The fraction of sp³-hybridized carbons (Fsp3) is 1.00. The van der Waals surface area contributed by atoms with Crippen LogP contribution in [0.2, 0.25) is 0 Å². The second kappa shape index (κ2) is 6.73. The van der Waals surface area contributed by atoms with E-state index < -0.39 is 41.4 Å². The van der Waals surface area contributed by atoms with Gasteiger partial charge in [-0.2, -0.15) is 0 Å². The van der Waals surface area contributed by atoms with Crippen molar-refractivity contribution in [3.8, 4) is 0 Å². The monoisotopic (exact) mass is 482 g/mol. The van der Waals surface area contributed by atoms with E-state index in [-0.39, 0.29) is 0 Å². The molecule has 0 heterocycles. The number of aliphatic hydroxyl groups excluding tert-OH is 2. The molecule has 0 aromatic heterocycles. The number of hydrogen-bond acceptors (Lipinski definition) is 7. The Morgan fingerprint density at radius 2 is 1.55 bits per heavy atom. The second-order valence-corrected chi connectivity index (χ2v) is 8.50. The van der Waals surface area contributed by atoms with Crippen LogP contribution in [0.25, 0.3) is 0 Å². The zero-order chi connectivity index (χ0) is 16.5. The summed E-state index contributed by atoms with van der Waals surface area (Å²) in [7, 11) is 0. The van der Waals surface area contributed by atoms with Crippen LogP contribution < -0.4 is 0 Å². The first-order valence-electron chi connectivity index (χ1n) is 4.47. The average Bonchev–Trinajstić information content (AvgIpc) is 2.24. The van der Waals surface area contributed by atoms with Gasteiger partial charge >= 0.3 is 9.08 Å². The Morgan fingerprint density at radius 3 is 1.75 bits per heavy atom. The number of nitro groups is 2. The first kappa shape index (κ1) is 20.5. The predicted octanol–water partition coefficient (Wildman–Crippen LogP) is 1.01. The quantitative estimate of drug-likeness (QED) is 0.167. The van der Waals surface area contributed by atoms with Crippen LogP contribution in [0.5, 0.6) is 0 Å². The van der Waals surface area contributed by atoms with E-state index in [0.717, 1.165) is 0 Å². The Labute approximate surface area is 143 Å². The Kier molecular flexibility index (Phi) is 6.90. The SMILES string of the molecule is O=[N+]([O-])C(O)(Br)C(C(O)C(Br)(CO)[N+](=O)[O-])C(Cl)(Cl)Cl. The maximum Gasteiger partial charge on any atom is 0.387 e. The number of aliphatic hydroxyl groups is 3. The Hall–Kier alpha value is 0.510. The minimum atomic E-state index is -3.19. The van der Waals surface area contributed by atoms with E-state index >= 15 is 0 Å². The molecule has 0 aromatic rings. The molecular weight excluding hydrogens is 478 g/mol. The molecule has 0 saturated carbocycles. The lowest BCUT2D eigenvalue weighted by Gasteiger charge is -2.35. The molecule has 0 aliphatic rings. The van der Waals surface area contributed by atoms with Crippen LogP contribution >= 0.6 is 66.7 Å². The molecule has 0 amide bonds. The number of rotatable bonds is 6. The van der Waals surface area contributed by atoms with Gasteiger partial charge in [-0.3, -0.25) is 20.2 Å². The van der Waals surface area contributed by atoms with Gasteiger partial charge in [0.15, 0.2) is 6.10 Å². The van der Waals surface area contributed by atoms with Gasteiger partial charge in [0, 0.05) is 36.8 Å². The summed E-state index contributed by atoms with van der Waals surface area (Å²) in [4.78, 5) is 19.1. The molecule has 0 aliphatic carbocycles. The van der Waals surface area contributed by atoms with Gasteiger partial charge in [0.05, 0.1) is 4.92 Å². The summed E-state index contributed by atoms with van der Waals surface area (Å²) < 4.78 is -8.55. The normalized spacial score (nSPS) is 21.4. The predicted molar refractivity (Wildman–Crippen MR) is 76.4 cm³/mol. The molecule has 14 heteroatoms. The van der Waals surface area contributed by atoms with Crippen molar-refractivity contribution in [2.24, 2.45) is 5.92 Å². The van der Waals surface area contributed by atoms with E-state index in [2.05, 4.69) is 31.9 Å². The van der Waals surface area contributed by atoms with Gasteiger partial charge in [0.1, 0.15) is 12.5 Å². The Balaban J connectivity index is 5.94. The molecule has 0 bridgehead atoms. The summed E-state index contributed by atoms with van der Waals surface area (Å²) in [6.07, 6.45) is -2.44.